The summed E-state index contributed by atoms with van der Waals surface area (Å²) in [4.78, 5) is 12.2. The monoisotopic (exact) mass is 442 g/mol. The summed E-state index contributed by atoms with van der Waals surface area (Å²) in [5.74, 6) is 1.04. The molecule has 1 aromatic heterocycles. The van der Waals surface area contributed by atoms with Crippen LogP contribution in [0.4, 0.5) is 10.1 Å². The molecule has 0 saturated carbocycles. The van der Waals surface area contributed by atoms with Crippen molar-refractivity contribution in [3.8, 4) is 5.75 Å². The van der Waals surface area contributed by atoms with E-state index in [9.17, 15) is 9.18 Å². The molecule has 1 N–H and O–H groups in total. The maximum absolute atomic E-state index is 13.0. The van der Waals surface area contributed by atoms with Crippen molar-refractivity contribution in [1.82, 2.24) is 14.8 Å². The molecule has 8 heteroatoms. The van der Waals surface area contributed by atoms with E-state index in [1.807, 2.05) is 30.7 Å². The van der Waals surface area contributed by atoms with Gasteiger partial charge in [0.1, 0.15) is 11.6 Å². The van der Waals surface area contributed by atoms with Gasteiger partial charge in [-0.15, -0.1) is 10.2 Å². The molecule has 0 aliphatic rings. The third kappa shape index (κ3) is 6.07. The first kappa shape index (κ1) is 22.8. The highest BCUT2D eigenvalue weighted by Gasteiger charge is 2.19. The molecule has 2 aromatic carbocycles. The van der Waals surface area contributed by atoms with Crippen LogP contribution in [-0.4, -0.2) is 26.4 Å². The molecule has 31 heavy (non-hydrogen) atoms. The van der Waals surface area contributed by atoms with Gasteiger partial charge in [0, 0.05) is 12.7 Å². The topological polar surface area (TPSA) is 69.0 Å². The molecule has 3 rings (SSSR count). The van der Waals surface area contributed by atoms with Crippen molar-refractivity contribution in [2.24, 2.45) is 7.05 Å². The molecule has 6 nitrogen and oxygen atoms in total. The Balaban J connectivity index is 1.57. The van der Waals surface area contributed by atoms with Crippen molar-refractivity contribution in [2.45, 2.75) is 44.4 Å². The molecule has 1 unspecified atom stereocenters. The predicted octanol–water partition coefficient (Wildman–Crippen LogP) is 5.12. The molecule has 3 aromatic rings. The lowest BCUT2D eigenvalue weighted by Gasteiger charge is -2.20. The number of benzene rings is 2. The Morgan fingerprint density at radius 2 is 1.77 bits per heavy atom. The average Bonchev–Trinajstić information content (AvgIpc) is 3.08. The highest BCUT2D eigenvalue weighted by atomic mass is 32.2. The Labute approximate surface area is 186 Å². The summed E-state index contributed by atoms with van der Waals surface area (Å²) < 4.78 is 20.8. The summed E-state index contributed by atoms with van der Waals surface area (Å²) in [5.41, 5.74) is 1.87. The number of hydrogen-bond donors (Lipinski definition) is 1. The highest BCUT2D eigenvalue weighted by Crippen LogP contribution is 2.27. The van der Waals surface area contributed by atoms with Crippen LogP contribution in [0.5, 0.6) is 5.75 Å². The van der Waals surface area contributed by atoms with Crippen molar-refractivity contribution in [3.05, 3.63) is 65.7 Å². The standard InChI is InChI=1S/C23H27FN4O2S/c1-15(30-19-12-6-16(7-13-19)23(2,3)4)21-26-27-22(28(21)5)31-14-20(29)25-18-10-8-17(24)9-11-18/h6-13,15H,14H2,1-5H3,(H,25,29). The second-order valence-corrected chi connectivity index (χ2v) is 9.22. The van der Waals surface area contributed by atoms with Crippen LogP contribution in [0.3, 0.4) is 0 Å². The van der Waals surface area contributed by atoms with Crippen LogP contribution in [0, 0.1) is 5.82 Å². The van der Waals surface area contributed by atoms with Crippen molar-refractivity contribution >= 4 is 23.4 Å². The number of nitrogens with one attached hydrogen (secondary N) is 1. The Morgan fingerprint density at radius 1 is 1.13 bits per heavy atom. The molecule has 1 amide bonds. The summed E-state index contributed by atoms with van der Waals surface area (Å²) in [7, 11) is 1.85. The van der Waals surface area contributed by atoms with E-state index < -0.39 is 0 Å². The molecule has 0 fully saturated rings. The number of ether oxygens (including phenoxy) is 1. The molecule has 0 radical (unpaired) electrons. The largest absolute Gasteiger partial charge is 0.483 e. The number of carbonyl (C=O) groups is 1. The van der Waals surface area contributed by atoms with Crippen LogP contribution in [0.2, 0.25) is 0 Å². The first-order valence-electron chi connectivity index (χ1n) is 9.98. The first-order chi connectivity index (χ1) is 14.6. The van der Waals surface area contributed by atoms with Gasteiger partial charge in [0.2, 0.25) is 5.91 Å². The molecule has 0 aliphatic heterocycles. The predicted molar refractivity (Wildman–Crippen MR) is 121 cm³/mol. The molecular formula is C23H27FN4O2S. The quantitative estimate of drug-likeness (QED) is 0.514. The van der Waals surface area contributed by atoms with E-state index in [0.29, 0.717) is 16.7 Å². The third-order valence-corrected chi connectivity index (χ3v) is 5.75. The Kier molecular flexibility index (Phi) is 7.00. The van der Waals surface area contributed by atoms with Crippen LogP contribution in [0.15, 0.2) is 53.7 Å². The molecule has 0 saturated heterocycles. The maximum Gasteiger partial charge on any atom is 0.234 e. The molecule has 1 atom stereocenters. The lowest BCUT2D eigenvalue weighted by molar-refractivity contribution is -0.113. The lowest BCUT2D eigenvalue weighted by atomic mass is 9.87. The number of thioether (sulfide) groups is 1. The Morgan fingerprint density at radius 3 is 2.39 bits per heavy atom. The fourth-order valence-electron chi connectivity index (χ4n) is 2.96. The number of hydrogen-bond acceptors (Lipinski definition) is 5. The van der Waals surface area contributed by atoms with E-state index in [-0.39, 0.29) is 29.0 Å². The average molecular weight is 443 g/mol. The van der Waals surface area contributed by atoms with Gasteiger partial charge >= 0.3 is 0 Å². The number of anilines is 1. The van der Waals surface area contributed by atoms with Crippen LogP contribution in [0.1, 0.15) is 45.2 Å². The summed E-state index contributed by atoms with van der Waals surface area (Å²) in [6, 6.07) is 13.7. The van der Waals surface area contributed by atoms with E-state index in [2.05, 4.69) is 48.4 Å². The number of aromatic nitrogens is 3. The molecule has 0 aliphatic carbocycles. The van der Waals surface area contributed by atoms with Gasteiger partial charge in [-0.25, -0.2) is 4.39 Å². The van der Waals surface area contributed by atoms with Gasteiger partial charge in [-0.3, -0.25) is 4.79 Å². The molecule has 164 valence electrons. The van der Waals surface area contributed by atoms with Crippen LogP contribution in [0.25, 0.3) is 0 Å². The summed E-state index contributed by atoms with van der Waals surface area (Å²) in [6.07, 6.45) is -0.305. The Hall–Kier alpha value is -2.87. The van der Waals surface area contributed by atoms with Crippen molar-refractivity contribution in [3.63, 3.8) is 0 Å². The first-order valence-corrected chi connectivity index (χ1v) is 11.0. The van der Waals surface area contributed by atoms with Gasteiger partial charge in [0.15, 0.2) is 17.1 Å². The third-order valence-electron chi connectivity index (χ3n) is 4.73. The number of rotatable bonds is 7. The van der Waals surface area contributed by atoms with Crippen LogP contribution >= 0.6 is 11.8 Å². The van der Waals surface area contributed by atoms with E-state index in [4.69, 9.17) is 4.74 Å². The minimum absolute atomic E-state index is 0.0862. The van der Waals surface area contributed by atoms with Gasteiger partial charge in [-0.05, 0) is 54.3 Å². The zero-order chi connectivity index (χ0) is 22.6. The molecular weight excluding hydrogens is 415 g/mol. The van der Waals surface area contributed by atoms with Crippen molar-refractivity contribution < 1.29 is 13.9 Å². The second-order valence-electron chi connectivity index (χ2n) is 8.28. The minimum Gasteiger partial charge on any atom is -0.483 e. The van der Waals surface area contributed by atoms with Crippen LogP contribution < -0.4 is 10.1 Å². The van der Waals surface area contributed by atoms with E-state index >= 15 is 0 Å². The van der Waals surface area contributed by atoms with Gasteiger partial charge in [0.25, 0.3) is 0 Å². The minimum atomic E-state index is -0.347. The normalized spacial score (nSPS) is 12.5. The summed E-state index contributed by atoms with van der Waals surface area (Å²) >= 11 is 1.27. The number of carbonyl (C=O) groups excluding carboxylic acids is 1. The maximum atomic E-state index is 13.0. The Bertz CT molecular complexity index is 1030. The van der Waals surface area contributed by atoms with Gasteiger partial charge in [-0.1, -0.05) is 44.7 Å². The van der Waals surface area contributed by atoms with Crippen LogP contribution in [-0.2, 0) is 17.3 Å². The highest BCUT2D eigenvalue weighted by molar-refractivity contribution is 7.99. The molecule has 1 heterocycles. The number of nitrogens with zero attached hydrogens (tertiary/aromatic N) is 3. The SMILES string of the molecule is CC(Oc1ccc(C(C)(C)C)cc1)c1nnc(SCC(=O)Nc2ccc(F)cc2)n1C. The summed E-state index contributed by atoms with van der Waals surface area (Å²) in [6.45, 7) is 8.43. The molecule has 0 bridgehead atoms. The smallest absolute Gasteiger partial charge is 0.234 e. The second kappa shape index (κ2) is 9.51. The summed E-state index contributed by atoms with van der Waals surface area (Å²) in [5, 5.41) is 11.8. The van der Waals surface area contributed by atoms with Gasteiger partial charge < -0.3 is 14.6 Å². The lowest BCUT2D eigenvalue weighted by Crippen LogP contribution is -2.15. The fraction of sp³-hybridized carbons (Fsp3) is 0.348. The van der Waals surface area contributed by atoms with Crippen molar-refractivity contribution in [1.29, 1.82) is 0 Å². The number of halogens is 1. The van der Waals surface area contributed by atoms with E-state index in [1.54, 1.807) is 0 Å². The van der Waals surface area contributed by atoms with Gasteiger partial charge in [0.05, 0.1) is 5.75 Å². The zero-order valence-electron chi connectivity index (χ0n) is 18.3. The van der Waals surface area contributed by atoms with E-state index in [0.717, 1.165) is 5.75 Å². The fourth-order valence-corrected chi connectivity index (χ4v) is 3.67. The number of amides is 1. The zero-order valence-corrected chi connectivity index (χ0v) is 19.2. The van der Waals surface area contributed by atoms with E-state index in [1.165, 1.54) is 41.6 Å². The molecule has 0 spiro atoms. The van der Waals surface area contributed by atoms with Gasteiger partial charge in [-0.2, -0.15) is 0 Å². The van der Waals surface area contributed by atoms with Crippen molar-refractivity contribution in [2.75, 3.05) is 11.1 Å².